The van der Waals surface area contributed by atoms with Gasteiger partial charge in [-0.05, 0) is 20.9 Å². The third-order valence-corrected chi connectivity index (χ3v) is 4.57. The number of carbonyl (C=O) groups is 1. The molecule has 6 heteroatoms. The third-order valence-electron chi connectivity index (χ3n) is 3.42. The number of aryl methyl sites for hydroxylation is 1. The van der Waals surface area contributed by atoms with Gasteiger partial charge in [0.1, 0.15) is 5.01 Å². The molecule has 0 spiro atoms. The standard InChI is InChI=1S/C13H22N4OS/c1-10-9-19-13(15-10)11(2)14-8-12(18)17-6-4-16(3)5-7-17/h9,11,14H,4-8H2,1-3H3. The Labute approximate surface area is 118 Å². The van der Waals surface area contributed by atoms with E-state index in [0.717, 1.165) is 36.9 Å². The topological polar surface area (TPSA) is 48.5 Å². The maximum absolute atomic E-state index is 12.1. The van der Waals surface area contributed by atoms with Crippen LogP contribution in [0.25, 0.3) is 0 Å². The first-order chi connectivity index (χ1) is 9.06. The van der Waals surface area contributed by atoms with Gasteiger partial charge in [0.15, 0.2) is 0 Å². The van der Waals surface area contributed by atoms with Crippen LogP contribution >= 0.6 is 11.3 Å². The van der Waals surface area contributed by atoms with E-state index in [-0.39, 0.29) is 11.9 Å². The number of thiazole rings is 1. The van der Waals surface area contributed by atoms with Gasteiger partial charge in [-0.15, -0.1) is 11.3 Å². The predicted octanol–water partition coefficient (Wildman–Crippen LogP) is 0.876. The summed E-state index contributed by atoms with van der Waals surface area (Å²) in [6, 6.07) is 0.134. The lowest BCUT2D eigenvalue weighted by molar-refractivity contribution is -0.131. The van der Waals surface area contributed by atoms with Gasteiger partial charge in [0.05, 0.1) is 12.6 Å². The lowest BCUT2D eigenvalue weighted by Gasteiger charge is -2.32. The van der Waals surface area contributed by atoms with Crippen molar-refractivity contribution in [3.8, 4) is 0 Å². The molecule has 0 aromatic carbocycles. The Balaban J connectivity index is 1.77. The summed E-state index contributed by atoms with van der Waals surface area (Å²) in [4.78, 5) is 20.7. The number of nitrogens with zero attached hydrogens (tertiary/aromatic N) is 3. The normalized spacial score (nSPS) is 18.6. The van der Waals surface area contributed by atoms with Crippen molar-refractivity contribution < 1.29 is 4.79 Å². The van der Waals surface area contributed by atoms with Crippen molar-refractivity contribution in [2.75, 3.05) is 39.8 Å². The van der Waals surface area contributed by atoms with Gasteiger partial charge in [-0.1, -0.05) is 0 Å². The van der Waals surface area contributed by atoms with Crippen LogP contribution in [0.1, 0.15) is 23.7 Å². The summed E-state index contributed by atoms with van der Waals surface area (Å²) >= 11 is 1.64. The fourth-order valence-electron chi connectivity index (χ4n) is 2.07. The molecule has 0 radical (unpaired) electrons. The second-order valence-electron chi connectivity index (χ2n) is 5.11. The van der Waals surface area contributed by atoms with Crippen molar-refractivity contribution in [1.29, 1.82) is 0 Å². The van der Waals surface area contributed by atoms with Gasteiger partial charge in [0.2, 0.25) is 5.91 Å². The summed E-state index contributed by atoms with van der Waals surface area (Å²) in [7, 11) is 2.09. The van der Waals surface area contributed by atoms with E-state index < -0.39 is 0 Å². The molecule has 1 saturated heterocycles. The van der Waals surface area contributed by atoms with Crippen LogP contribution in [-0.2, 0) is 4.79 Å². The first kappa shape index (κ1) is 14.4. The Hall–Kier alpha value is -0.980. The van der Waals surface area contributed by atoms with Crippen LogP contribution in [0.2, 0.25) is 0 Å². The second kappa shape index (κ2) is 6.45. The fraction of sp³-hybridized carbons (Fsp3) is 0.692. The second-order valence-corrected chi connectivity index (χ2v) is 6.00. The highest BCUT2D eigenvalue weighted by Crippen LogP contribution is 2.17. The van der Waals surface area contributed by atoms with Gasteiger partial charge in [-0.25, -0.2) is 4.98 Å². The molecule has 1 fully saturated rings. The van der Waals surface area contributed by atoms with Gasteiger partial charge in [-0.3, -0.25) is 10.1 Å². The number of likely N-dealkylation sites (N-methyl/N-ethyl adjacent to an activating group) is 1. The van der Waals surface area contributed by atoms with Gasteiger partial charge < -0.3 is 9.80 Å². The van der Waals surface area contributed by atoms with Gasteiger partial charge in [0, 0.05) is 37.3 Å². The molecular weight excluding hydrogens is 260 g/mol. The summed E-state index contributed by atoms with van der Waals surface area (Å²) in [6.45, 7) is 8.03. The molecule has 19 heavy (non-hydrogen) atoms. The van der Waals surface area contributed by atoms with Crippen LogP contribution in [0.4, 0.5) is 0 Å². The monoisotopic (exact) mass is 282 g/mol. The van der Waals surface area contributed by atoms with Crippen molar-refractivity contribution in [2.45, 2.75) is 19.9 Å². The van der Waals surface area contributed by atoms with Gasteiger partial charge in [-0.2, -0.15) is 0 Å². The SMILES string of the molecule is Cc1csc(C(C)NCC(=O)N2CCN(C)CC2)n1. The van der Waals surface area contributed by atoms with Crippen molar-refractivity contribution in [1.82, 2.24) is 20.1 Å². The van der Waals surface area contributed by atoms with E-state index >= 15 is 0 Å². The predicted molar refractivity (Wildman–Crippen MR) is 77.3 cm³/mol. The van der Waals surface area contributed by atoms with E-state index in [2.05, 4.69) is 29.2 Å². The van der Waals surface area contributed by atoms with Crippen molar-refractivity contribution >= 4 is 17.2 Å². The number of amides is 1. The summed E-state index contributed by atoms with van der Waals surface area (Å²) in [5.74, 6) is 0.188. The number of carbonyl (C=O) groups excluding carboxylic acids is 1. The zero-order valence-corrected chi connectivity index (χ0v) is 12.7. The average Bonchev–Trinajstić information content (AvgIpc) is 2.83. The summed E-state index contributed by atoms with van der Waals surface area (Å²) in [5.41, 5.74) is 1.04. The molecule has 1 N–H and O–H groups in total. The van der Waals surface area contributed by atoms with E-state index in [0.29, 0.717) is 6.54 Å². The maximum atomic E-state index is 12.1. The minimum Gasteiger partial charge on any atom is -0.339 e. The van der Waals surface area contributed by atoms with Crippen LogP contribution < -0.4 is 5.32 Å². The summed E-state index contributed by atoms with van der Waals surface area (Å²) in [5, 5.41) is 6.35. The molecule has 0 saturated carbocycles. The van der Waals surface area contributed by atoms with Crippen LogP contribution in [0.15, 0.2) is 5.38 Å². The fourth-order valence-corrected chi connectivity index (χ4v) is 2.89. The van der Waals surface area contributed by atoms with Crippen LogP contribution in [0.5, 0.6) is 0 Å². The Morgan fingerprint density at radius 2 is 2.16 bits per heavy atom. The highest BCUT2D eigenvalue weighted by Gasteiger charge is 2.19. The van der Waals surface area contributed by atoms with E-state index in [9.17, 15) is 4.79 Å². The third kappa shape index (κ3) is 3.99. The summed E-state index contributed by atoms with van der Waals surface area (Å²) < 4.78 is 0. The van der Waals surface area contributed by atoms with E-state index in [1.807, 2.05) is 17.2 Å². The number of aromatic nitrogens is 1. The molecule has 0 aliphatic carbocycles. The molecule has 2 heterocycles. The highest BCUT2D eigenvalue weighted by atomic mass is 32.1. The molecule has 1 amide bonds. The maximum Gasteiger partial charge on any atom is 0.236 e. The van der Waals surface area contributed by atoms with Crippen LogP contribution in [0.3, 0.4) is 0 Å². The minimum absolute atomic E-state index is 0.134. The molecule has 1 aromatic rings. The number of nitrogens with one attached hydrogen (secondary N) is 1. The molecule has 106 valence electrons. The number of piperazine rings is 1. The lowest BCUT2D eigenvalue weighted by atomic mass is 10.3. The zero-order valence-electron chi connectivity index (χ0n) is 11.8. The Morgan fingerprint density at radius 1 is 1.47 bits per heavy atom. The zero-order chi connectivity index (χ0) is 13.8. The van der Waals surface area contributed by atoms with Crippen molar-refractivity contribution in [3.63, 3.8) is 0 Å². The number of hydrogen-bond donors (Lipinski definition) is 1. The Kier molecular flexibility index (Phi) is 4.90. The lowest BCUT2D eigenvalue weighted by Crippen LogP contribution is -2.49. The van der Waals surface area contributed by atoms with Crippen LogP contribution in [-0.4, -0.2) is 60.5 Å². The highest BCUT2D eigenvalue weighted by molar-refractivity contribution is 7.09. The first-order valence-corrected chi connectivity index (χ1v) is 7.56. The molecule has 2 rings (SSSR count). The average molecular weight is 282 g/mol. The van der Waals surface area contributed by atoms with Gasteiger partial charge in [0.25, 0.3) is 0 Å². The Morgan fingerprint density at radius 3 is 2.74 bits per heavy atom. The number of rotatable bonds is 4. The molecular formula is C13H22N4OS. The smallest absolute Gasteiger partial charge is 0.236 e. The minimum atomic E-state index is 0.134. The number of hydrogen-bond acceptors (Lipinski definition) is 5. The molecule has 1 aliphatic rings. The molecule has 1 unspecified atom stereocenters. The van der Waals surface area contributed by atoms with E-state index in [1.165, 1.54) is 0 Å². The molecule has 1 atom stereocenters. The van der Waals surface area contributed by atoms with E-state index in [4.69, 9.17) is 0 Å². The first-order valence-electron chi connectivity index (χ1n) is 6.68. The largest absolute Gasteiger partial charge is 0.339 e. The molecule has 5 nitrogen and oxygen atoms in total. The van der Waals surface area contributed by atoms with E-state index in [1.54, 1.807) is 11.3 Å². The Bertz CT molecular complexity index is 426. The summed E-state index contributed by atoms with van der Waals surface area (Å²) in [6.07, 6.45) is 0. The van der Waals surface area contributed by atoms with Crippen molar-refractivity contribution in [2.24, 2.45) is 0 Å². The molecule has 1 aliphatic heterocycles. The molecule has 0 bridgehead atoms. The quantitative estimate of drug-likeness (QED) is 0.890. The van der Waals surface area contributed by atoms with Gasteiger partial charge >= 0.3 is 0 Å². The molecule has 1 aromatic heterocycles. The van der Waals surface area contributed by atoms with Crippen LogP contribution in [0, 0.1) is 6.92 Å². The van der Waals surface area contributed by atoms with Crippen molar-refractivity contribution in [3.05, 3.63) is 16.1 Å².